The minimum Gasteiger partial charge on any atom is -0.392 e. The third-order valence-electron chi connectivity index (χ3n) is 3.10. The lowest BCUT2D eigenvalue weighted by atomic mass is 10.1. The van der Waals surface area contributed by atoms with Crippen molar-refractivity contribution < 1.29 is 22.7 Å². The summed E-state index contributed by atoms with van der Waals surface area (Å²) in [5, 5.41) is 9.06. The number of aryl methyl sites for hydroxylation is 1. The van der Waals surface area contributed by atoms with Crippen LogP contribution in [0, 0.1) is 12.7 Å². The van der Waals surface area contributed by atoms with Crippen molar-refractivity contribution in [2.24, 2.45) is 0 Å². The largest absolute Gasteiger partial charge is 0.392 e. The highest BCUT2D eigenvalue weighted by atomic mass is 32.2. The van der Waals surface area contributed by atoms with E-state index in [9.17, 15) is 12.8 Å². The van der Waals surface area contributed by atoms with Crippen molar-refractivity contribution in [3.05, 3.63) is 29.1 Å². The van der Waals surface area contributed by atoms with E-state index in [2.05, 4.69) is 4.72 Å². The van der Waals surface area contributed by atoms with Crippen LogP contribution in [-0.4, -0.2) is 33.8 Å². The van der Waals surface area contributed by atoms with Gasteiger partial charge in [-0.15, -0.1) is 0 Å². The molecule has 120 valence electrons. The van der Waals surface area contributed by atoms with Crippen LogP contribution in [-0.2, 0) is 21.4 Å². The molecule has 2 N–H and O–H groups in total. The molecule has 0 saturated carbocycles. The number of benzene rings is 1. The number of rotatable bonds is 9. The van der Waals surface area contributed by atoms with Gasteiger partial charge in [0.15, 0.2) is 0 Å². The number of sulfonamides is 1. The van der Waals surface area contributed by atoms with Crippen LogP contribution in [0.5, 0.6) is 0 Å². The number of hydrogen-bond donors (Lipinski definition) is 2. The number of aliphatic hydroxyl groups is 1. The van der Waals surface area contributed by atoms with E-state index in [1.165, 1.54) is 13.0 Å². The summed E-state index contributed by atoms with van der Waals surface area (Å²) in [7, 11) is -2.06. The Morgan fingerprint density at radius 1 is 1.29 bits per heavy atom. The van der Waals surface area contributed by atoms with Crippen LogP contribution in [0.3, 0.4) is 0 Å². The Morgan fingerprint density at radius 3 is 2.62 bits per heavy atom. The standard InChI is InChI=1S/C14H22FNO4S/c1-11-8-13(9-12(10-17)14(11)15)21(18,19)16-6-4-3-5-7-20-2/h8-9,16-17H,3-7,10H2,1-2H3. The fourth-order valence-corrected chi connectivity index (χ4v) is 3.12. The molecule has 0 bridgehead atoms. The number of hydrogen-bond acceptors (Lipinski definition) is 4. The number of aliphatic hydroxyl groups excluding tert-OH is 1. The van der Waals surface area contributed by atoms with Crippen molar-refractivity contribution in [3.8, 4) is 0 Å². The van der Waals surface area contributed by atoms with Crippen LogP contribution in [0.1, 0.15) is 30.4 Å². The number of nitrogens with one attached hydrogen (secondary N) is 1. The van der Waals surface area contributed by atoms with Gasteiger partial charge in [-0.3, -0.25) is 0 Å². The molecule has 0 spiro atoms. The maximum Gasteiger partial charge on any atom is 0.240 e. The molecule has 0 amide bonds. The first-order chi connectivity index (χ1) is 9.92. The zero-order valence-corrected chi connectivity index (χ0v) is 13.2. The number of halogens is 1. The molecule has 0 aromatic heterocycles. The first-order valence-corrected chi connectivity index (χ1v) is 8.29. The first kappa shape index (κ1) is 18.0. The van der Waals surface area contributed by atoms with Gasteiger partial charge in [0.1, 0.15) is 5.82 Å². The molecule has 0 atom stereocenters. The molecule has 0 unspecified atom stereocenters. The van der Waals surface area contributed by atoms with Gasteiger partial charge in [-0.2, -0.15) is 0 Å². The minimum absolute atomic E-state index is 0.0181. The highest BCUT2D eigenvalue weighted by Crippen LogP contribution is 2.19. The summed E-state index contributed by atoms with van der Waals surface area (Å²) in [6, 6.07) is 2.43. The summed E-state index contributed by atoms with van der Waals surface area (Å²) in [4.78, 5) is -0.0256. The smallest absolute Gasteiger partial charge is 0.240 e. The lowest BCUT2D eigenvalue weighted by molar-refractivity contribution is 0.192. The van der Waals surface area contributed by atoms with Gasteiger partial charge in [0.25, 0.3) is 0 Å². The molecule has 0 radical (unpaired) electrons. The van der Waals surface area contributed by atoms with Crippen molar-refractivity contribution in [1.82, 2.24) is 4.72 Å². The number of unbranched alkanes of at least 4 members (excludes halogenated alkanes) is 2. The summed E-state index contributed by atoms with van der Waals surface area (Å²) >= 11 is 0. The number of methoxy groups -OCH3 is 1. The quantitative estimate of drug-likeness (QED) is 0.680. The van der Waals surface area contributed by atoms with Crippen LogP contribution < -0.4 is 4.72 Å². The van der Waals surface area contributed by atoms with Gasteiger partial charge in [0, 0.05) is 25.8 Å². The average molecular weight is 319 g/mol. The third-order valence-corrected chi connectivity index (χ3v) is 4.54. The molecule has 1 aromatic carbocycles. The van der Waals surface area contributed by atoms with Gasteiger partial charge < -0.3 is 9.84 Å². The predicted octanol–water partition coefficient (Wildman–Crippen LogP) is 1.72. The molecule has 1 rings (SSSR count). The number of ether oxygens (including phenoxy) is 1. The molecule has 1 aromatic rings. The van der Waals surface area contributed by atoms with Crippen LogP contribution in [0.25, 0.3) is 0 Å². The van der Waals surface area contributed by atoms with Crippen molar-refractivity contribution in [3.63, 3.8) is 0 Å². The summed E-state index contributed by atoms with van der Waals surface area (Å²) < 4.78 is 45.2. The lowest BCUT2D eigenvalue weighted by Crippen LogP contribution is -2.25. The molecule has 0 saturated heterocycles. The molecular weight excluding hydrogens is 297 g/mol. The van der Waals surface area contributed by atoms with E-state index >= 15 is 0 Å². The second kappa shape index (κ2) is 8.43. The van der Waals surface area contributed by atoms with E-state index in [0.29, 0.717) is 19.6 Å². The van der Waals surface area contributed by atoms with E-state index in [-0.39, 0.29) is 16.0 Å². The van der Waals surface area contributed by atoms with E-state index in [4.69, 9.17) is 9.84 Å². The highest BCUT2D eigenvalue weighted by molar-refractivity contribution is 7.89. The molecule has 0 aliphatic carbocycles. The summed E-state index contributed by atoms with van der Waals surface area (Å²) in [6.45, 7) is 1.91. The second-order valence-electron chi connectivity index (χ2n) is 4.82. The first-order valence-electron chi connectivity index (χ1n) is 6.81. The topological polar surface area (TPSA) is 75.6 Å². The van der Waals surface area contributed by atoms with Crippen LogP contribution >= 0.6 is 0 Å². The minimum atomic E-state index is -3.68. The lowest BCUT2D eigenvalue weighted by Gasteiger charge is -2.10. The summed E-state index contributed by atoms with van der Waals surface area (Å²) in [5.74, 6) is -0.573. The fourth-order valence-electron chi connectivity index (χ4n) is 1.92. The van der Waals surface area contributed by atoms with Crippen molar-refractivity contribution in [2.45, 2.75) is 37.7 Å². The fraction of sp³-hybridized carbons (Fsp3) is 0.571. The summed E-state index contributed by atoms with van der Waals surface area (Å²) in [6.07, 6.45) is 2.44. The molecule has 0 heterocycles. The Hall–Kier alpha value is -1.02. The Labute approximate surface area is 125 Å². The molecule has 5 nitrogen and oxygen atoms in total. The van der Waals surface area contributed by atoms with Gasteiger partial charge in [-0.05, 0) is 43.9 Å². The normalized spacial score (nSPS) is 11.8. The molecule has 0 aliphatic heterocycles. The Morgan fingerprint density at radius 2 is 2.00 bits per heavy atom. The third kappa shape index (κ3) is 5.35. The summed E-state index contributed by atoms with van der Waals surface area (Å²) in [5.41, 5.74) is 0.178. The van der Waals surface area contributed by atoms with E-state index in [1.54, 1.807) is 7.11 Å². The van der Waals surface area contributed by atoms with Gasteiger partial charge in [0.05, 0.1) is 11.5 Å². The SMILES string of the molecule is COCCCCCNS(=O)(=O)c1cc(C)c(F)c(CO)c1. The zero-order valence-electron chi connectivity index (χ0n) is 12.4. The second-order valence-corrected chi connectivity index (χ2v) is 6.59. The van der Waals surface area contributed by atoms with Gasteiger partial charge in [0.2, 0.25) is 10.0 Å². The van der Waals surface area contributed by atoms with E-state index < -0.39 is 22.4 Å². The molecule has 0 aliphatic rings. The van der Waals surface area contributed by atoms with Crippen molar-refractivity contribution in [1.29, 1.82) is 0 Å². The maximum atomic E-state index is 13.6. The Balaban J connectivity index is 2.68. The van der Waals surface area contributed by atoms with Gasteiger partial charge in [-0.25, -0.2) is 17.5 Å². The van der Waals surface area contributed by atoms with Crippen LogP contribution in [0.2, 0.25) is 0 Å². The van der Waals surface area contributed by atoms with Crippen LogP contribution in [0.15, 0.2) is 17.0 Å². The van der Waals surface area contributed by atoms with Crippen molar-refractivity contribution >= 4 is 10.0 Å². The molecule has 7 heteroatoms. The molecule has 0 fully saturated rings. The maximum absolute atomic E-state index is 13.6. The van der Waals surface area contributed by atoms with Gasteiger partial charge >= 0.3 is 0 Å². The van der Waals surface area contributed by atoms with Crippen LogP contribution in [0.4, 0.5) is 4.39 Å². The average Bonchev–Trinajstić information content (AvgIpc) is 2.45. The predicted molar refractivity (Wildman–Crippen MR) is 78.0 cm³/mol. The zero-order chi connectivity index (χ0) is 15.9. The Kier molecular flexibility index (Phi) is 7.24. The van der Waals surface area contributed by atoms with E-state index in [1.807, 2.05) is 0 Å². The monoisotopic (exact) mass is 319 g/mol. The molecular formula is C14H22FNO4S. The van der Waals surface area contributed by atoms with E-state index in [0.717, 1.165) is 18.9 Å². The van der Waals surface area contributed by atoms with Gasteiger partial charge in [-0.1, -0.05) is 0 Å². The Bertz CT molecular complexity index is 560. The molecule has 21 heavy (non-hydrogen) atoms. The highest BCUT2D eigenvalue weighted by Gasteiger charge is 2.17. The van der Waals surface area contributed by atoms with Crippen molar-refractivity contribution in [2.75, 3.05) is 20.3 Å².